The van der Waals surface area contributed by atoms with Crippen molar-refractivity contribution in [1.82, 2.24) is 0 Å². The van der Waals surface area contributed by atoms with Crippen molar-refractivity contribution in [2.24, 2.45) is 0 Å². The summed E-state index contributed by atoms with van der Waals surface area (Å²) in [6.45, 7) is 49.9. The quantitative estimate of drug-likeness (QED) is 0.164. The van der Waals surface area contributed by atoms with Gasteiger partial charge in [0.15, 0.2) is 0 Å². The standard InChI is InChI=1S/C54H58N2.C46H42N2.C40H30N2/c1-51(2,3)35-29-36(52(4,5)6)32-39(31-35)55-45-25-17-13-21-41(45)49(42-22-14-18-26-46(42)55)50-43-23-15-19-27-47(43)56(48-28-20-16-24-44(48)50)40-33-37(53(7,8)9)30-38(34-40)54(10,11)12;1-27-9-13-37-41(23-27)47(35-19-31(5)17-32(6)20-35)42-24-28(2)10-14-38(42)45(37)46-39-15-11-29(3)25-43(39)48(36-21-33(7)18-34(8)22-36)44-26-30(4)12-16-40(44)46;1-27-21-23-37-33(25-27)39(31-17-9-11-19-35(31)41(37)29-13-5-3-6-14-29)40-32-18-10-12-20-36(32)42(30-15-7-4-8-16-30)38-24-22-28(2)26-34(38)40/h13-34H,1-12H3;9-26H,1-8H3;3-26H,1-2H3/b;;40-39+. The van der Waals surface area contributed by atoms with Gasteiger partial charge in [-0.25, -0.2) is 0 Å². The summed E-state index contributed by atoms with van der Waals surface area (Å²) in [5, 5.41) is 0. The Bertz CT molecular complexity index is 7610. The third-order valence-electron chi connectivity index (χ3n) is 30.0. The molecular formula is C140H130N6. The van der Waals surface area contributed by atoms with E-state index in [1.54, 1.807) is 0 Å². The molecule has 0 atom stereocenters. The number of nitrogens with zero attached hydrogens (tertiary/aromatic N) is 6. The molecule has 0 unspecified atom stereocenters. The predicted molar refractivity (Wildman–Crippen MR) is 624 cm³/mol. The average molecular weight is 1900 g/mol. The smallest absolute Gasteiger partial charge is 0.0543 e. The first-order chi connectivity index (χ1) is 70.1. The molecule has 6 nitrogen and oxygen atoms in total. The second-order valence-corrected chi connectivity index (χ2v) is 45.4. The summed E-state index contributed by atoms with van der Waals surface area (Å²) in [7, 11) is 0. The summed E-state index contributed by atoms with van der Waals surface area (Å²) in [5.41, 5.74) is 62.2. The number of rotatable bonds is 6. The predicted octanol–water partition coefficient (Wildman–Crippen LogP) is 39.1. The molecule has 18 aromatic carbocycles. The minimum Gasteiger partial charge on any atom is -0.309 e. The van der Waals surface area contributed by atoms with Gasteiger partial charge in [0.2, 0.25) is 0 Å². The monoisotopic (exact) mass is 1900 g/mol. The van der Waals surface area contributed by atoms with Gasteiger partial charge in [-0.3, -0.25) is 0 Å². The molecule has 0 N–H and O–H groups in total. The fourth-order valence-electron chi connectivity index (χ4n) is 23.0. The molecule has 720 valence electrons. The molecular weight excluding hydrogens is 1770 g/mol. The maximum atomic E-state index is 2.51. The van der Waals surface area contributed by atoms with Gasteiger partial charge >= 0.3 is 0 Å². The summed E-state index contributed by atoms with van der Waals surface area (Å²) >= 11 is 0. The molecule has 0 radical (unpaired) electrons. The van der Waals surface area contributed by atoms with Gasteiger partial charge in [0.05, 0.1) is 68.2 Å². The highest BCUT2D eigenvalue weighted by Gasteiger charge is 2.42. The van der Waals surface area contributed by atoms with E-state index in [0.29, 0.717) is 0 Å². The van der Waals surface area contributed by atoms with Crippen molar-refractivity contribution < 1.29 is 0 Å². The molecule has 0 fully saturated rings. The molecule has 0 bridgehead atoms. The van der Waals surface area contributed by atoms with Gasteiger partial charge in [-0.1, -0.05) is 325 Å². The highest BCUT2D eigenvalue weighted by atomic mass is 15.2. The van der Waals surface area contributed by atoms with Crippen LogP contribution in [0.25, 0.3) is 33.4 Å². The minimum atomic E-state index is -0.000589. The van der Waals surface area contributed by atoms with Crippen molar-refractivity contribution in [3.8, 4) is 0 Å². The Balaban J connectivity index is 0.000000126. The summed E-state index contributed by atoms with van der Waals surface area (Å²) in [6.07, 6.45) is 0. The summed E-state index contributed by atoms with van der Waals surface area (Å²) in [6, 6.07) is 145. The van der Waals surface area contributed by atoms with Gasteiger partial charge < -0.3 is 29.4 Å². The lowest BCUT2D eigenvalue weighted by molar-refractivity contribution is 0.568. The highest BCUT2D eigenvalue weighted by molar-refractivity contribution is 6.21. The van der Waals surface area contributed by atoms with Crippen LogP contribution in [0.15, 0.2) is 388 Å². The second-order valence-electron chi connectivity index (χ2n) is 45.4. The first-order valence-electron chi connectivity index (χ1n) is 51.9. The molecule has 0 saturated carbocycles. The van der Waals surface area contributed by atoms with Crippen LogP contribution in [0, 0.1) is 69.2 Å². The minimum absolute atomic E-state index is 0.000589. The fourth-order valence-corrected chi connectivity index (χ4v) is 23.0. The molecule has 6 heteroatoms. The summed E-state index contributed by atoms with van der Waals surface area (Å²) in [4.78, 5) is 14.8. The van der Waals surface area contributed by atoms with Crippen LogP contribution in [0.2, 0.25) is 0 Å². The van der Waals surface area contributed by atoms with Crippen LogP contribution in [0.4, 0.5) is 102 Å². The number of anilines is 18. The zero-order chi connectivity index (χ0) is 102. The van der Waals surface area contributed by atoms with Crippen LogP contribution in [0.5, 0.6) is 0 Å². The number of benzene rings is 18. The van der Waals surface area contributed by atoms with Crippen LogP contribution in [0.3, 0.4) is 0 Å². The van der Waals surface area contributed by atoms with Gasteiger partial charge in [0.25, 0.3) is 0 Å². The maximum Gasteiger partial charge on any atom is 0.0543 e. The fraction of sp³-hybridized carbons (Fsp3) is 0.186. The maximum absolute atomic E-state index is 2.51. The van der Waals surface area contributed by atoms with Crippen molar-refractivity contribution in [2.75, 3.05) is 29.4 Å². The van der Waals surface area contributed by atoms with Gasteiger partial charge in [0, 0.05) is 134 Å². The topological polar surface area (TPSA) is 19.4 Å². The van der Waals surface area contributed by atoms with Crippen LogP contribution in [-0.2, 0) is 21.7 Å². The molecule has 6 aliphatic heterocycles. The summed E-state index contributed by atoms with van der Waals surface area (Å²) in [5.74, 6) is 0. The lowest BCUT2D eigenvalue weighted by Gasteiger charge is -2.40. The van der Waals surface area contributed by atoms with E-state index in [0.717, 1.165) is 11.4 Å². The van der Waals surface area contributed by atoms with E-state index in [9.17, 15) is 0 Å². The van der Waals surface area contributed by atoms with Crippen molar-refractivity contribution >= 4 is 136 Å². The molecule has 24 rings (SSSR count). The number of fused-ring (bicyclic) bond motifs is 12. The Morgan fingerprint density at radius 1 is 0.123 bits per heavy atom. The second kappa shape index (κ2) is 36.7. The highest BCUT2D eigenvalue weighted by Crippen LogP contribution is 2.63. The first-order valence-corrected chi connectivity index (χ1v) is 51.9. The van der Waals surface area contributed by atoms with Crippen LogP contribution < -0.4 is 29.4 Å². The molecule has 0 aliphatic carbocycles. The normalized spacial score (nSPS) is 14.2. The van der Waals surface area contributed by atoms with Crippen molar-refractivity contribution in [3.63, 3.8) is 0 Å². The van der Waals surface area contributed by atoms with Crippen LogP contribution in [-0.4, -0.2) is 0 Å². The van der Waals surface area contributed by atoms with E-state index in [1.807, 2.05) is 0 Å². The Labute approximate surface area is 866 Å². The number of hydrogen-bond donors (Lipinski definition) is 0. The van der Waals surface area contributed by atoms with Gasteiger partial charge in [-0.15, -0.1) is 0 Å². The number of hydrogen-bond acceptors (Lipinski definition) is 6. The lowest BCUT2D eigenvalue weighted by atomic mass is 9.78. The van der Waals surface area contributed by atoms with E-state index in [1.165, 1.54) is 269 Å². The molecule has 0 spiro atoms. The number of aryl methyl sites for hydroxylation is 10. The molecule has 6 heterocycles. The third kappa shape index (κ3) is 17.0. The van der Waals surface area contributed by atoms with Crippen molar-refractivity contribution in [1.29, 1.82) is 0 Å². The average Bonchev–Trinajstić information content (AvgIpc) is 0.715. The molecule has 18 aromatic rings. The van der Waals surface area contributed by atoms with Gasteiger partial charge in [-0.2, -0.15) is 0 Å². The Kier molecular flexibility index (Phi) is 23.8. The van der Waals surface area contributed by atoms with E-state index >= 15 is 0 Å². The zero-order valence-corrected chi connectivity index (χ0v) is 88.6. The Morgan fingerprint density at radius 3 is 0.541 bits per heavy atom. The molecule has 146 heavy (non-hydrogen) atoms. The first kappa shape index (κ1) is 94.9. The van der Waals surface area contributed by atoms with E-state index < -0.39 is 0 Å². The lowest BCUT2D eigenvalue weighted by Crippen LogP contribution is -2.24. The third-order valence-corrected chi connectivity index (χ3v) is 30.0. The SMILES string of the molecule is CC(C)(C)c1cc(N2c3ccccc3C(=C3c4ccccc4N(c4cc(C(C)(C)C)cc(C(C)(C)C)c4)c4ccccc43)c3ccccc32)cc(C(C)(C)C)c1.Cc1cc(C)cc(N2c3cc(C)ccc3C(=C3c4ccc(C)cc4N(c4cc(C)cc(C)c4)c4cc(C)ccc43)c3ccc(C)cc32)c1.Cc1ccc2c(c1)/C(=C1\c3ccccc3N(c3ccccc3)c3ccc(C)cc31)c1ccccc1N2c1ccccc1. The van der Waals surface area contributed by atoms with Gasteiger partial charge in [0.1, 0.15) is 0 Å². The molecule has 0 amide bonds. The summed E-state index contributed by atoms with van der Waals surface area (Å²) < 4.78 is 0. The van der Waals surface area contributed by atoms with Crippen molar-refractivity contribution in [2.45, 2.75) is 174 Å². The van der Waals surface area contributed by atoms with Crippen molar-refractivity contribution in [3.05, 3.63) is 533 Å². The van der Waals surface area contributed by atoms with E-state index in [4.69, 9.17) is 0 Å². The number of para-hydroxylation sites is 8. The van der Waals surface area contributed by atoms with E-state index in [2.05, 4.69) is 570 Å². The largest absolute Gasteiger partial charge is 0.309 e. The van der Waals surface area contributed by atoms with E-state index in [-0.39, 0.29) is 21.7 Å². The molecule has 0 aromatic heterocycles. The Morgan fingerprint density at radius 2 is 0.301 bits per heavy atom. The Hall–Kier alpha value is -16.0. The van der Waals surface area contributed by atoms with Crippen LogP contribution in [0.1, 0.15) is 228 Å². The molecule has 6 aliphatic rings. The molecule has 0 saturated heterocycles. The van der Waals surface area contributed by atoms with Crippen LogP contribution >= 0.6 is 0 Å². The van der Waals surface area contributed by atoms with Gasteiger partial charge in [-0.05, 0) is 315 Å². The zero-order valence-electron chi connectivity index (χ0n) is 88.6.